The first-order valence-corrected chi connectivity index (χ1v) is 15.6. The third-order valence-corrected chi connectivity index (χ3v) is 10.8. The fourth-order valence-electron chi connectivity index (χ4n) is 8.22. The summed E-state index contributed by atoms with van der Waals surface area (Å²) in [5.41, 5.74) is 0.500. The van der Waals surface area contributed by atoms with Gasteiger partial charge in [-0.05, 0) is 93.3 Å². The summed E-state index contributed by atoms with van der Waals surface area (Å²) in [6, 6.07) is 14.5. The molecule has 4 aliphatic rings. The van der Waals surface area contributed by atoms with Crippen LogP contribution in [0.2, 0.25) is 5.02 Å². The smallest absolute Gasteiger partial charge is 0.241 e. The summed E-state index contributed by atoms with van der Waals surface area (Å²) in [6.45, 7) is 3.11. The number of hydrogen-bond donors (Lipinski definition) is 1. The number of imide groups is 2. The Morgan fingerprint density at radius 1 is 0.936 bits per heavy atom. The van der Waals surface area contributed by atoms with Crippen LogP contribution < -0.4 is 14.5 Å². The van der Waals surface area contributed by atoms with E-state index in [0.29, 0.717) is 28.1 Å². The largest absolute Gasteiger partial charge is 0.508 e. The lowest BCUT2D eigenvalue weighted by Gasteiger charge is -2.49. The van der Waals surface area contributed by atoms with Gasteiger partial charge in [-0.25, -0.2) is 9.29 Å². The van der Waals surface area contributed by atoms with Gasteiger partial charge in [0.1, 0.15) is 17.3 Å². The number of Topliss-reactive ketones (excluding diaryl/α,β-unsaturated/α-hetero) is 1. The molecule has 0 radical (unpaired) electrons. The van der Waals surface area contributed by atoms with Crippen molar-refractivity contribution in [3.63, 3.8) is 0 Å². The van der Waals surface area contributed by atoms with Gasteiger partial charge in [0.15, 0.2) is 5.78 Å². The maximum atomic E-state index is 14.5. The third kappa shape index (κ3) is 4.37. The number of hydrogen-bond acceptors (Lipinski definition) is 7. The zero-order valence-electron chi connectivity index (χ0n) is 25.7. The van der Waals surface area contributed by atoms with Gasteiger partial charge in [-0.15, -0.1) is 0 Å². The predicted octanol–water partition coefficient (Wildman–Crippen LogP) is 5.83. The van der Waals surface area contributed by atoms with Gasteiger partial charge in [0.2, 0.25) is 23.6 Å². The lowest BCUT2D eigenvalue weighted by atomic mass is 9.51. The van der Waals surface area contributed by atoms with Crippen LogP contribution in [0, 0.1) is 34.9 Å². The normalized spacial score (nSPS) is 28.2. The molecule has 11 heteroatoms. The van der Waals surface area contributed by atoms with Gasteiger partial charge in [-0.1, -0.05) is 23.3 Å². The number of rotatable bonds is 5. The summed E-state index contributed by atoms with van der Waals surface area (Å²) in [4.78, 5) is 70.9. The number of anilines is 2. The van der Waals surface area contributed by atoms with Gasteiger partial charge in [0, 0.05) is 17.0 Å². The SMILES string of the molecule is COc1ccc(O)c(C2C3=CCC4C(=O)N(c5ccc(C(C)=O)cc5)C(=O)C4C3CC3C(=O)N(c4ccc(F)c(Cl)c4)C(=O)C32C)c1. The van der Waals surface area contributed by atoms with Crippen molar-refractivity contribution in [3.8, 4) is 11.5 Å². The number of phenols is 1. The van der Waals surface area contributed by atoms with E-state index in [1.165, 1.54) is 32.2 Å². The Bertz CT molecular complexity index is 1940. The van der Waals surface area contributed by atoms with Crippen LogP contribution >= 0.6 is 11.6 Å². The number of benzene rings is 3. The Morgan fingerprint density at radius 2 is 1.64 bits per heavy atom. The number of nitrogens with zero attached hydrogens (tertiary/aromatic N) is 2. The van der Waals surface area contributed by atoms with Crippen LogP contribution in [-0.4, -0.2) is 41.6 Å². The van der Waals surface area contributed by atoms with Crippen LogP contribution in [0.25, 0.3) is 0 Å². The van der Waals surface area contributed by atoms with E-state index in [4.69, 9.17) is 16.3 Å². The minimum atomic E-state index is -1.43. The summed E-state index contributed by atoms with van der Waals surface area (Å²) in [6.07, 6.45) is 2.18. The predicted molar refractivity (Wildman–Crippen MR) is 170 cm³/mol. The first kappa shape index (κ1) is 30.8. The molecule has 4 amide bonds. The summed E-state index contributed by atoms with van der Waals surface area (Å²) in [5.74, 6) is -6.43. The molecular formula is C36H30ClFN2O7. The number of carbonyl (C=O) groups is 5. The average molecular weight is 657 g/mol. The van der Waals surface area contributed by atoms with E-state index in [9.17, 15) is 33.5 Å². The molecule has 0 spiro atoms. The molecule has 9 nitrogen and oxygen atoms in total. The van der Waals surface area contributed by atoms with Crippen LogP contribution in [0.1, 0.15) is 48.5 Å². The highest BCUT2D eigenvalue weighted by atomic mass is 35.5. The van der Waals surface area contributed by atoms with Crippen molar-refractivity contribution in [1.82, 2.24) is 0 Å². The summed E-state index contributed by atoms with van der Waals surface area (Å²) in [5, 5.41) is 11.0. The van der Waals surface area contributed by atoms with Gasteiger partial charge in [-0.3, -0.25) is 28.9 Å². The van der Waals surface area contributed by atoms with Crippen LogP contribution in [0.3, 0.4) is 0 Å². The van der Waals surface area contributed by atoms with Crippen molar-refractivity contribution >= 4 is 52.4 Å². The zero-order chi connectivity index (χ0) is 33.5. The Hall–Kier alpha value is -4.83. The lowest BCUT2D eigenvalue weighted by molar-refractivity contribution is -0.131. The van der Waals surface area contributed by atoms with Crippen LogP contribution in [0.4, 0.5) is 15.8 Å². The second-order valence-electron chi connectivity index (χ2n) is 12.8. The molecule has 7 rings (SSSR count). The molecule has 0 bridgehead atoms. The molecule has 2 saturated heterocycles. The highest BCUT2D eigenvalue weighted by molar-refractivity contribution is 6.32. The fraction of sp³-hybridized carbons (Fsp3) is 0.306. The number of aromatic hydroxyl groups is 1. The van der Waals surface area contributed by atoms with Crippen molar-refractivity contribution in [2.24, 2.45) is 29.1 Å². The standard InChI is InChI=1S/C36H30ClFN2O7/c1-17(41)18-4-6-19(7-5-18)39-32(43)23-11-10-22-24(30(23)34(39)45)16-26-33(44)40(20-8-12-28(38)27(37)14-20)35(46)36(26,2)31(22)25-15-21(47-3)9-13-29(25)42/h4-10,12-15,23-24,26,30-31,42H,11,16H2,1-3H3. The molecule has 3 aromatic carbocycles. The van der Waals surface area contributed by atoms with E-state index < -0.39 is 58.5 Å². The van der Waals surface area contributed by atoms with Crippen molar-refractivity contribution in [1.29, 1.82) is 0 Å². The highest BCUT2D eigenvalue weighted by Gasteiger charge is 2.68. The molecule has 0 aromatic heterocycles. The minimum absolute atomic E-state index is 0.0941. The maximum Gasteiger partial charge on any atom is 0.241 e. The van der Waals surface area contributed by atoms with Crippen molar-refractivity contribution in [2.75, 3.05) is 16.9 Å². The molecule has 3 aromatic rings. The second kappa shape index (κ2) is 10.9. The van der Waals surface area contributed by atoms with Gasteiger partial charge < -0.3 is 9.84 Å². The topological polar surface area (TPSA) is 121 Å². The fourth-order valence-corrected chi connectivity index (χ4v) is 8.39. The number of methoxy groups -OCH3 is 1. The van der Waals surface area contributed by atoms with E-state index in [0.717, 1.165) is 15.9 Å². The van der Waals surface area contributed by atoms with E-state index in [2.05, 4.69) is 0 Å². The van der Waals surface area contributed by atoms with Gasteiger partial charge in [-0.2, -0.15) is 0 Å². The number of ether oxygens (including phenoxy) is 1. The molecule has 240 valence electrons. The monoisotopic (exact) mass is 656 g/mol. The second-order valence-corrected chi connectivity index (χ2v) is 13.2. The van der Waals surface area contributed by atoms with E-state index >= 15 is 0 Å². The van der Waals surface area contributed by atoms with Crippen LogP contribution in [0.15, 0.2) is 72.3 Å². The summed E-state index contributed by atoms with van der Waals surface area (Å²) >= 11 is 6.06. The summed E-state index contributed by atoms with van der Waals surface area (Å²) < 4.78 is 19.6. The number of ketones is 1. The number of halogens is 2. The molecule has 1 saturated carbocycles. The minimum Gasteiger partial charge on any atom is -0.508 e. The molecule has 6 atom stereocenters. The average Bonchev–Trinajstić information content (AvgIpc) is 3.42. The Balaban J connectivity index is 1.36. The molecule has 2 aliphatic heterocycles. The van der Waals surface area contributed by atoms with Gasteiger partial charge in [0.25, 0.3) is 0 Å². The van der Waals surface area contributed by atoms with Crippen molar-refractivity contribution < 1.29 is 38.2 Å². The quantitative estimate of drug-likeness (QED) is 0.208. The van der Waals surface area contributed by atoms with Gasteiger partial charge >= 0.3 is 0 Å². The lowest BCUT2D eigenvalue weighted by Crippen LogP contribution is -2.48. The summed E-state index contributed by atoms with van der Waals surface area (Å²) in [7, 11) is 1.47. The first-order chi connectivity index (χ1) is 22.4. The van der Waals surface area contributed by atoms with E-state index in [1.54, 1.807) is 43.3 Å². The molecule has 6 unspecified atom stereocenters. The van der Waals surface area contributed by atoms with E-state index in [1.807, 2.05) is 6.08 Å². The first-order valence-electron chi connectivity index (χ1n) is 15.3. The Labute approximate surface area is 274 Å². The molecule has 3 fully saturated rings. The number of amides is 4. The van der Waals surface area contributed by atoms with Crippen molar-refractivity contribution in [2.45, 2.75) is 32.6 Å². The van der Waals surface area contributed by atoms with Crippen LogP contribution in [0.5, 0.6) is 11.5 Å². The number of phenolic OH excluding ortho intramolecular Hbond substituents is 1. The highest BCUT2D eigenvalue weighted by Crippen LogP contribution is 2.64. The molecule has 2 aliphatic carbocycles. The zero-order valence-corrected chi connectivity index (χ0v) is 26.5. The molecule has 47 heavy (non-hydrogen) atoms. The molecule has 1 N–H and O–H groups in total. The Kier molecular flexibility index (Phi) is 7.13. The maximum absolute atomic E-state index is 14.5. The number of allylic oxidation sites excluding steroid dienone is 2. The third-order valence-electron chi connectivity index (χ3n) is 10.5. The molecule has 2 heterocycles. The van der Waals surface area contributed by atoms with Gasteiger partial charge in [0.05, 0.1) is 46.7 Å². The molecular weight excluding hydrogens is 627 g/mol. The van der Waals surface area contributed by atoms with E-state index in [-0.39, 0.29) is 41.0 Å². The van der Waals surface area contributed by atoms with Crippen LogP contribution in [-0.2, 0) is 19.2 Å². The van der Waals surface area contributed by atoms with Crippen molar-refractivity contribution in [3.05, 3.63) is 94.3 Å². The number of carbonyl (C=O) groups excluding carboxylic acids is 5. The number of fused-ring (bicyclic) bond motifs is 4. The Morgan fingerprint density at radius 3 is 2.30 bits per heavy atom.